The summed E-state index contributed by atoms with van der Waals surface area (Å²) in [6.45, 7) is 4.32. The lowest BCUT2D eigenvalue weighted by Crippen LogP contribution is -2.29. The van der Waals surface area contributed by atoms with Crippen molar-refractivity contribution in [1.29, 1.82) is 0 Å². The number of carbonyl (C=O) groups excluding carboxylic acids is 2. The summed E-state index contributed by atoms with van der Waals surface area (Å²) in [5, 5.41) is 3.76. The van der Waals surface area contributed by atoms with Crippen molar-refractivity contribution < 1.29 is 14.3 Å². The molecule has 0 atom stereocenters. The monoisotopic (exact) mass is 297 g/mol. The molecular weight excluding hydrogens is 278 g/mol. The van der Waals surface area contributed by atoms with Crippen molar-refractivity contribution in [2.75, 3.05) is 31.6 Å². The number of rotatable bonds is 6. The van der Waals surface area contributed by atoms with E-state index in [1.165, 1.54) is 11.3 Å². The second-order valence-corrected chi connectivity index (χ2v) is 5.37. The highest BCUT2D eigenvalue weighted by atomic mass is 32.1. The number of nitrogens with one attached hydrogen (secondary N) is 1. The van der Waals surface area contributed by atoms with Crippen LogP contribution in [0.1, 0.15) is 36.7 Å². The quantitative estimate of drug-likeness (QED) is 0.810. The van der Waals surface area contributed by atoms with Crippen molar-refractivity contribution in [3.8, 4) is 0 Å². The number of amides is 1. The third-order valence-corrected chi connectivity index (χ3v) is 3.90. The van der Waals surface area contributed by atoms with Crippen LogP contribution in [0.5, 0.6) is 0 Å². The van der Waals surface area contributed by atoms with E-state index >= 15 is 0 Å². The second kappa shape index (κ2) is 7.23. The molecule has 2 heterocycles. The molecule has 2 rings (SSSR count). The van der Waals surface area contributed by atoms with Gasteiger partial charge in [-0.2, -0.15) is 0 Å². The van der Waals surface area contributed by atoms with Crippen molar-refractivity contribution in [2.45, 2.75) is 26.2 Å². The van der Waals surface area contributed by atoms with Crippen LogP contribution < -0.4 is 5.32 Å². The topological polar surface area (TPSA) is 71.5 Å². The zero-order valence-corrected chi connectivity index (χ0v) is 12.4. The molecule has 1 N–H and O–H groups in total. The molecule has 6 nitrogen and oxygen atoms in total. The van der Waals surface area contributed by atoms with Gasteiger partial charge >= 0.3 is 5.97 Å². The van der Waals surface area contributed by atoms with Crippen LogP contribution in [0.3, 0.4) is 0 Å². The van der Waals surface area contributed by atoms with Crippen LogP contribution >= 0.6 is 11.3 Å². The third kappa shape index (κ3) is 3.69. The van der Waals surface area contributed by atoms with Crippen LogP contribution in [0.25, 0.3) is 0 Å². The Morgan fingerprint density at radius 1 is 1.45 bits per heavy atom. The van der Waals surface area contributed by atoms with Gasteiger partial charge in [-0.05, 0) is 19.8 Å². The summed E-state index contributed by atoms with van der Waals surface area (Å²) >= 11 is 1.34. The number of anilines is 1. The molecule has 1 aromatic heterocycles. The smallest absolute Gasteiger partial charge is 0.360 e. The molecule has 0 bridgehead atoms. The second-order valence-electron chi connectivity index (χ2n) is 4.52. The molecule has 1 aromatic rings. The van der Waals surface area contributed by atoms with Crippen LogP contribution in [0.15, 0.2) is 5.51 Å². The van der Waals surface area contributed by atoms with Gasteiger partial charge in [0, 0.05) is 26.1 Å². The van der Waals surface area contributed by atoms with Gasteiger partial charge in [-0.15, -0.1) is 11.3 Å². The number of hydrogen-bond donors (Lipinski definition) is 1. The zero-order valence-electron chi connectivity index (χ0n) is 11.6. The van der Waals surface area contributed by atoms with Gasteiger partial charge in [0.15, 0.2) is 5.69 Å². The molecule has 1 aliphatic rings. The minimum Gasteiger partial charge on any atom is -0.461 e. The molecule has 0 spiro atoms. The molecule has 1 saturated heterocycles. The van der Waals surface area contributed by atoms with Crippen LogP contribution in [-0.4, -0.2) is 48.0 Å². The molecule has 0 aromatic carbocycles. The van der Waals surface area contributed by atoms with Gasteiger partial charge in [-0.25, -0.2) is 9.78 Å². The van der Waals surface area contributed by atoms with Crippen molar-refractivity contribution in [1.82, 2.24) is 9.88 Å². The predicted octanol–water partition coefficient (Wildman–Crippen LogP) is 1.74. The summed E-state index contributed by atoms with van der Waals surface area (Å²) in [5.74, 6) is -0.265. The number of hydrogen-bond acceptors (Lipinski definition) is 6. The van der Waals surface area contributed by atoms with Crippen LogP contribution in [-0.2, 0) is 9.53 Å². The van der Waals surface area contributed by atoms with Gasteiger partial charge in [-0.1, -0.05) is 0 Å². The van der Waals surface area contributed by atoms with Crippen LogP contribution in [0, 0.1) is 0 Å². The van der Waals surface area contributed by atoms with E-state index in [1.54, 1.807) is 12.4 Å². The molecule has 0 aliphatic carbocycles. The number of carbonyl (C=O) groups is 2. The Kier molecular flexibility index (Phi) is 5.34. The summed E-state index contributed by atoms with van der Waals surface area (Å²) in [7, 11) is 0. The maximum atomic E-state index is 11.9. The number of esters is 1. The van der Waals surface area contributed by atoms with Crippen LogP contribution in [0.2, 0.25) is 0 Å². The number of nitrogens with zero attached hydrogens (tertiary/aromatic N) is 2. The van der Waals surface area contributed by atoms with Crippen molar-refractivity contribution >= 4 is 28.2 Å². The minimum absolute atomic E-state index is 0.164. The molecule has 20 heavy (non-hydrogen) atoms. The lowest BCUT2D eigenvalue weighted by molar-refractivity contribution is -0.129. The molecule has 110 valence electrons. The first kappa shape index (κ1) is 14.8. The number of thiazole rings is 1. The van der Waals surface area contributed by atoms with E-state index < -0.39 is 5.97 Å². The first-order valence-corrected chi connectivity index (χ1v) is 7.72. The molecule has 1 amide bonds. The summed E-state index contributed by atoms with van der Waals surface area (Å²) in [4.78, 5) is 29.4. The van der Waals surface area contributed by atoms with Gasteiger partial charge in [0.1, 0.15) is 5.00 Å². The Hall–Kier alpha value is -1.63. The Bertz CT molecular complexity index is 469. The van der Waals surface area contributed by atoms with Gasteiger partial charge in [0.05, 0.1) is 12.1 Å². The average Bonchev–Trinajstić information content (AvgIpc) is 3.10. The zero-order chi connectivity index (χ0) is 14.4. The van der Waals surface area contributed by atoms with Gasteiger partial charge in [0.2, 0.25) is 5.91 Å². The summed E-state index contributed by atoms with van der Waals surface area (Å²) in [5.41, 5.74) is 1.89. The van der Waals surface area contributed by atoms with E-state index in [-0.39, 0.29) is 5.91 Å². The molecule has 1 fully saturated rings. The first-order valence-electron chi connectivity index (χ1n) is 6.84. The Morgan fingerprint density at radius 3 is 2.90 bits per heavy atom. The maximum Gasteiger partial charge on any atom is 0.360 e. The fraction of sp³-hybridized carbons (Fsp3) is 0.615. The minimum atomic E-state index is -0.429. The number of aromatic nitrogens is 1. The predicted molar refractivity (Wildman–Crippen MR) is 77.0 cm³/mol. The maximum absolute atomic E-state index is 11.9. The Labute approximate surface area is 122 Å². The summed E-state index contributed by atoms with van der Waals surface area (Å²) in [6, 6.07) is 0. The van der Waals surface area contributed by atoms with Gasteiger partial charge < -0.3 is 15.0 Å². The number of ether oxygens (including phenoxy) is 1. The van der Waals surface area contributed by atoms with E-state index in [0.29, 0.717) is 30.3 Å². The van der Waals surface area contributed by atoms with E-state index in [0.717, 1.165) is 25.9 Å². The van der Waals surface area contributed by atoms with Crippen molar-refractivity contribution in [3.63, 3.8) is 0 Å². The summed E-state index contributed by atoms with van der Waals surface area (Å²) < 4.78 is 4.93. The molecule has 0 radical (unpaired) electrons. The fourth-order valence-electron chi connectivity index (χ4n) is 2.12. The van der Waals surface area contributed by atoms with Crippen molar-refractivity contribution in [2.24, 2.45) is 0 Å². The van der Waals surface area contributed by atoms with Crippen LogP contribution in [0.4, 0.5) is 5.00 Å². The molecular formula is C13H19N3O3S. The highest BCUT2D eigenvalue weighted by Crippen LogP contribution is 2.21. The third-order valence-electron chi connectivity index (χ3n) is 3.12. The molecule has 7 heteroatoms. The number of likely N-dealkylation sites (tertiary alicyclic amines) is 1. The highest BCUT2D eigenvalue weighted by Gasteiger charge is 2.19. The van der Waals surface area contributed by atoms with Crippen molar-refractivity contribution in [3.05, 3.63) is 11.2 Å². The standard InChI is InChI=1S/C13H19N3O3S/c1-2-19-13(18)11-12(20-9-15-11)14-6-5-10(17)16-7-3-4-8-16/h9,14H,2-8H2,1H3. The van der Waals surface area contributed by atoms with Gasteiger partial charge in [0.25, 0.3) is 0 Å². The normalized spacial score (nSPS) is 14.3. The van der Waals surface area contributed by atoms with E-state index in [9.17, 15) is 9.59 Å². The average molecular weight is 297 g/mol. The Morgan fingerprint density at radius 2 is 2.20 bits per heavy atom. The SMILES string of the molecule is CCOC(=O)c1ncsc1NCCC(=O)N1CCCC1. The lowest BCUT2D eigenvalue weighted by atomic mass is 10.3. The molecule has 0 unspecified atom stereocenters. The van der Waals surface area contributed by atoms with E-state index in [2.05, 4.69) is 10.3 Å². The summed E-state index contributed by atoms with van der Waals surface area (Å²) in [6.07, 6.45) is 2.63. The Balaban J connectivity index is 1.80. The highest BCUT2D eigenvalue weighted by molar-refractivity contribution is 7.14. The fourth-order valence-corrected chi connectivity index (χ4v) is 2.82. The van der Waals surface area contributed by atoms with E-state index in [4.69, 9.17) is 4.74 Å². The molecule has 1 aliphatic heterocycles. The first-order chi connectivity index (χ1) is 9.72. The molecule has 0 saturated carbocycles. The van der Waals surface area contributed by atoms with Gasteiger partial charge in [-0.3, -0.25) is 4.79 Å². The largest absolute Gasteiger partial charge is 0.461 e. The lowest BCUT2D eigenvalue weighted by Gasteiger charge is -2.15. The van der Waals surface area contributed by atoms with E-state index in [1.807, 2.05) is 4.90 Å².